The van der Waals surface area contributed by atoms with Crippen LogP contribution < -0.4 is 14.8 Å². The maximum Gasteiger partial charge on any atom is 0.573 e. The monoisotopic (exact) mass is 363 g/mol. The van der Waals surface area contributed by atoms with Crippen LogP contribution in [-0.2, 0) is 4.79 Å². The molecule has 0 saturated heterocycles. The van der Waals surface area contributed by atoms with E-state index in [0.29, 0.717) is 11.4 Å². The molecule has 1 aliphatic rings. The van der Waals surface area contributed by atoms with Crippen LogP contribution in [0.25, 0.3) is 6.08 Å². The number of halogens is 3. The maximum atomic E-state index is 12.4. The fourth-order valence-corrected chi connectivity index (χ4v) is 2.33. The van der Waals surface area contributed by atoms with Gasteiger partial charge in [-0.1, -0.05) is 18.2 Å². The van der Waals surface area contributed by atoms with Gasteiger partial charge in [0.15, 0.2) is 12.4 Å². The van der Waals surface area contributed by atoms with Crippen molar-refractivity contribution in [1.82, 2.24) is 0 Å². The SMILES string of the molecule is O=C1COc2ccc(C(=O)C=Cc3ccccc3OC(F)(F)F)cc2N1. The lowest BCUT2D eigenvalue weighted by Crippen LogP contribution is -2.25. The largest absolute Gasteiger partial charge is 0.573 e. The Morgan fingerprint density at radius 2 is 1.96 bits per heavy atom. The molecule has 134 valence electrons. The molecule has 8 heteroatoms. The average molecular weight is 363 g/mol. The lowest BCUT2D eigenvalue weighted by Gasteiger charge is -2.18. The van der Waals surface area contributed by atoms with Crippen molar-refractivity contribution in [1.29, 1.82) is 0 Å². The standard InChI is InChI=1S/C18H12F3NO4/c19-18(20,21)26-15-4-2-1-3-11(15)5-7-14(23)12-6-8-16-13(9-12)22-17(24)10-25-16/h1-9H,10H2,(H,22,24). The first-order valence-corrected chi connectivity index (χ1v) is 7.46. The number of carbonyl (C=O) groups excluding carboxylic acids is 2. The van der Waals surface area contributed by atoms with Crippen LogP contribution in [0, 0.1) is 0 Å². The van der Waals surface area contributed by atoms with E-state index in [1.807, 2.05) is 0 Å². The highest BCUT2D eigenvalue weighted by Crippen LogP contribution is 2.29. The maximum absolute atomic E-state index is 12.4. The summed E-state index contributed by atoms with van der Waals surface area (Å²) in [6.07, 6.45) is -2.46. The van der Waals surface area contributed by atoms with Gasteiger partial charge in [0, 0.05) is 11.1 Å². The number of nitrogens with one attached hydrogen (secondary N) is 1. The molecule has 0 unspecified atom stereocenters. The Morgan fingerprint density at radius 1 is 1.19 bits per heavy atom. The van der Waals surface area contributed by atoms with Crippen LogP contribution in [0.15, 0.2) is 48.5 Å². The zero-order chi connectivity index (χ0) is 18.7. The number of allylic oxidation sites excluding steroid dienone is 1. The molecule has 0 fully saturated rings. The molecule has 0 aliphatic carbocycles. The van der Waals surface area contributed by atoms with Gasteiger partial charge >= 0.3 is 6.36 Å². The van der Waals surface area contributed by atoms with Crippen LogP contribution in [0.2, 0.25) is 0 Å². The molecule has 26 heavy (non-hydrogen) atoms. The molecule has 1 amide bonds. The number of hydrogen-bond donors (Lipinski definition) is 1. The number of hydrogen-bond acceptors (Lipinski definition) is 4. The number of ether oxygens (including phenoxy) is 2. The quantitative estimate of drug-likeness (QED) is 0.663. The summed E-state index contributed by atoms with van der Waals surface area (Å²) in [4.78, 5) is 23.6. The molecule has 2 aromatic rings. The number of fused-ring (bicyclic) bond motifs is 1. The Bertz CT molecular complexity index is 890. The zero-order valence-corrected chi connectivity index (χ0v) is 13.2. The third kappa shape index (κ3) is 4.21. The molecule has 0 atom stereocenters. The van der Waals surface area contributed by atoms with Crippen molar-refractivity contribution in [2.45, 2.75) is 6.36 Å². The summed E-state index contributed by atoms with van der Waals surface area (Å²) in [6.45, 7) is -0.101. The highest BCUT2D eigenvalue weighted by molar-refractivity contribution is 6.08. The van der Waals surface area contributed by atoms with Crippen LogP contribution in [0.5, 0.6) is 11.5 Å². The average Bonchev–Trinajstić information content (AvgIpc) is 2.58. The summed E-state index contributed by atoms with van der Waals surface area (Å²) in [5.41, 5.74) is 0.717. The number of amides is 1. The van der Waals surface area contributed by atoms with Gasteiger partial charge in [-0.2, -0.15) is 0 Å². The first kappa shape index (κ1) is 17.5. The van der Waals surface area contributed by atoms with E-state index < -0.39 is 17.9 Å². The topological polar surface area (TPSA) is 64.6 Å². The number of alkyl halides is 3. The first-order chi connectivity index (χ1) is 12.3. The molecule has 5 nitrogen and oxygen atoms in total. The molecule has 0 radical (unpaired) electrons. The normalized spacial score (nSPS) is 13.7. The van der Waals surface area contributed by atoms with Crippen molar-refractivity contribution in [3.63, 3.8) is 0 Å². The van der Waals surface area contributed by atoms with Crippen molar-refractivity contribution in [3.05, 3.63) is 59.7 Å². The van der Waals surface area contributed by atoms with Gasteiger partial charge < -0.3 is 14.8 Å². The van der Waals surface area contributed by atoms with Gasteiger partial charge in [0.1, 0.15) is 11.5 Å². The highest BCUT2D eigenvalue weighted by Gasteiger charge is 2.31. The molecular formula is C18H12F3NO4. The lowest BCUT2D eigenvalue weighted by molar-refractivity contribution is -0.274. The van der Waals surface area contributed by atoms with Crippen molar-refractivity contribution >= 4 is 23.5 Å². The van der Waals surface area contributed by atoms with Gasteiger partial charge in [-0.3, -0.25) is 9.59 Å². The molecule has 1 heterocycles. The second-order valence-electron chi connectivity index (χ2n) is 5.33. The summed E-state index contributed by atoms with van der Waals surface area (Å²) in [5, 5.41) is 2.58. The Hall–Kier alpha value is -3.29. The molecule has 0 spiro atoms. The van der Waals surface area contributed by atoms with Gasteiger partial charge in [0.25, 0.3) is 5.91 Å². The van der Waals surface area contributed by atoms with Gasteiger partial charge in [-0.25, -0.2) is 0 Å². The second kappa shape index (κ2) is 6.91. The number of anilines is 1. The minimum absolute atomic E-state index is 0.101. The second-order valence-corrected chi connectivity index (χ2v) is 5.33. The van der Waals surface area contributed by atoms with E-state index in [-0.39, 0.29) is 23.6 Å². The number of benzene rings is 2. The van der Waals surface area contributed by atoms with Crippen LogP contribution in [0.3, 0.4) is 0 Å². The smallest absolute Gasteiger partial charge is 0.482 e. The fourth-order valence-electron chi connectivity index (χ4n) is 2.33. The third-order valence-corrected chi connectivity index (χ3v) is 3.46. The predicted molar refractivity (Wildman–Crippen MR) is 87.1 cm³/mol. The van der Waals surface area contributed by atoms with Crippen LogP contribution in [-0.4, -0.2) is 24.7 Å². The van der Waals surface area contributed by atoms with E-state index in [1.54, 1.807) is 0 Å². The zero-order valence-electron chi connectivity index (χ0n) is 13.2. The Morgan fingerprint density at radius 3 is 2.73 bits per heavy atom. The summed E-state index contributed by atoms with van der Waals surface area (Å²) >= 11 is 0. The summed E-state index contributed by atoms with van der Waals surface area (Å²) in [5.74, 6) is -0.755. The summed E-state index contributed by atoms with van der Waals surface area (Å²) in [7, 11) is 0. The van der Waals surface area contributed by atoms with Gasteiger partial charge in [0.2, 0.25) is 0 Å². The van der Waals surface area contributed by atoms with Crippen molar-refractivity contribution in [2.24, 2.45) is 0 Å². The van der Waals surface area contributed by atoms with Gasteiger partial charge in [-0.05, 0) is 36.4 Å². The van der Waals surface area contributed by atoms with Crippen LogP contribution >= 0.6 is 0 Å². The third-order valence-electron chi connectivity index (χ3n) is 3.46. The van der Waals surface area contributed by atoms with Crippen LogP contribution in [0.4, 0.5) is 18.9 Å². The van der Waals surface area contributed by atoms with E-state index in [4.69, 9.17) is 4.74 Å². The number of rotatable bonds is 4. The Labute approximate surface area is 146 Å². The van der Waals surface area contributed by atoms with Gasteiger partial charge in [0.05, 0.1) is 5.69 Å². The molecule has 2 aromatic carbocycles. The fraction of sp³-hybridized carbons (Fsp3) is 0.111. The molecule has 1 N–H and O–H groups in total. The van der Waals surface area contributed by atoms with Crippen LogP contribution in [0.1, 0.15) is 15.9 Å². The first-order valence-electron chi connectivity index (χ1n) is 7.46. The highest BCUT2D eigenvalue weighted by atomic mass is 19.4. The summed E-state index contributed by atoms with van der Waals surface area (Å²) < 4.78 is 46.4. The van der Waals surface area contributed by atoms with Crippen molar-refractivity contribution < 1.29 is 32.2 Å². The molecular weight excluding hydrogens is 351 g/mol. The summed E-state index contributed by atoms with van der Waals surface area (Å²) in [6, 6.07) is 9.95. The van der Waals surface area contributed by atoms with E-state index in [0.717, 1.165) is 12.1 Å². The molecule has 0 bridgehead atoms. The molecule has 0 saturated carbocycles. The van der Waals surface area contributed by atoms with Gasteiger partial charge in [-0.15, -0.1) is 13.2 Å². The lowest BCUT2D eigenvalue weighted by atomic mass is 10.1. The van der Waals surface area contributed by atoms with E-state index in [2.05, 4.69) is 10.1 Å². The van der Waals surface area contributed by atoms with E-state index >= 15 is 0 Å². The van der Waals surface area contributed by atoms with E-state index in [1.165, 1.54) is 42.5 Å². The Balaban J connectivity index is 1.80. The predicted octanol–water partition coefficient (Wildman–Crippen LogP) is 3.81. The Kier molecular flexibility index (Phi) is 4.66. The van der Waals surface area contributed by atoms with Crippen molar-refractivity contribution in [3.8, 4) is 11.5 Å². The minimum atomic E-state index is -4.83. The number of carbonyl (C=O) groups is 2. The minimum Gasteiger partial charge on any atom is -0.482 e. The van der Waals surface area contributed by atoms with E-state index in [9.17, 15) is 22.8 Å². The molecule has 1 aliphatic heterocycles. The number of ketones is 1. The number of para-hydroxylation sites is 1. The molecule has 0 aromatic heterocycles. The van der Waals surface area contributed by atoms with Crippen molar-refractivity contribution in [2.75, 3.05) is 11.9 Å². The molecule has 3 rings (SSSR count).